The average Bonchev–Trinajstić information content (AvgIpc) is 3.13. The molecule has 2 atom stereocenters. The monoisotopic (exact) mass is 238 g/mol. The van der Waals surface area contributed by atoms with Crippen LogP contribution in [0.1, 0.15) is 60.3 Å². The van der Waals surface area contributed by atoms with Crippen LogP contribution < -0.4 is 5.32 Å². The largest absolute Gasteiger partial charge is 0.308 e. The summed E-state index contributed by atoms with van der Waals surface area (Å²) in [5.41, 5.74) is 0.719. The molecule has 1 N–H and O–H groups in total. The lowest BCUT2D eigenvalue weighted by atomic mass is 9.85. The molecule has 2 fully saturated rings. The molecule has 1 heterocycles. The van der Waals surface area contributed by atoms with Crippen molar-refractivity contribution in [2.24, 2.45) is 5.92 Å². The maximum atomic E-state index is 3.84. The van der Waals surface area contributed by atoms with Crippen molar-refractivity contribution >= 4 is 0 Å². The maximum absolute atomic E-state index is 3.84. The Morgan fingerprint density at radius 3 is 2.41 bits per heavy atom. The van der Waals surface area contributed by atoms with Crippen molar-refractivity contribution in [3.8, 4) is 0 Å². The molecule has 2 nitrogen and oxygen atoms in total. The van der Waals surface area contributed by atoms with Crippen LogP contribution >= 0.6 is 0 Å². The van der Waals surface area contributed by atoms with E-state index in [1.807, 2.05) is 0 Å². The first-order chi connectivity index (χ1) is 7.93. The molecule has 2 rings (SSSR count). The third-order valence-electron chi connectivity index (χ3n) is 5.27. The summed E-state index contributed by atoms with van der Waals surface area (Å²) in [6, 6.07) is 0.719. The van der Waals surface area contributed by atoms with Crippen molar-refractivity contribution in [1.29, 1.82) is 0 Å². The summed E-state index contributed by atoms with van der Waals surface area (Å²) in [6.45, 7) is 14.3. The third kappa shape index (κ3) is 2.53. The summed E-state index contributed by atoms with van der Waals surface area (Å²) in [4.78, 5) is 2.78. The van der Waals surface area contributed by atoms with Crippen LogP contribution in [0.3, 0.4) is 0 Å². The van der Waals surface area contributed by atoms with E-state index in [9.17, 15) is 0 Å². The average molecular weight is 238 g/mol. The maximum Gasteiger partial charge on any atom is 0.0309 e. The van der Waals surface area contributed by atoms with Crippen LogP contribution in [0.5, 0.6) is 0 Å². The predicted octanol–water partition coefficient (Wildman–Crippen LogP) is 3.03. The van der Waals surface area contributed by atoms with Gasteiger partial charge in [-0.1, -0.05) is 13.8 Å². The van der Waals surface area contributed by atoms with Crippen molar-refractivity contribution in [3.63, 3.8) is 0 Å². The first kappa shape index (κ1) is 13.4. The summed E-state index contributed by atoms with van der Waals surface area (Å²) < 4.78 is 0. The van der Waals surface area contributed by atoms with E-state index in [-0.39, 0.29) is 0 Å². The van der Waals surface area contributed by atoms with Gasteiger partial charge in [0.25, 0.3) is 0 Å². The fraction of sp³-hybridized carbons (Fsp3) is 1.00. The molecule has 0 aromatic carbocycles. The van der Waals surface area contributed by atoms with Gasteiger partial charge in [0.1, 0.15) is 0 Å². The van der Waals surface area contributed by atoms with Crippen LogP contribution in [0.2, 0.25) is 0 Å². The number of nitrogens with zero attached hydrogens (tertiary/aromatic N) is 1. The van der Waals surface area contributed by atoms with Crippen LogP contribution in [-0.4, -0.2) is 35.1 Å². The molecule has 0 amide bonds. The molecule has 0 aromatic rings. The van der Waals surface area contributed by atoms with Gasteiger partial charge in [0.2, 0.25) is 0 Å². The Morgan fingerprint density at radius 1 is 1.29 bits per heavy atom. The van der Waals surface area contributed by atoms with Gasteiger partial charge in [-0.15, -0.1) is 0 Å². The number of hydrogen-bond acceptors (Lipinski definition) is 2. The van der Waals surface area contributed by atoms with Gasteiger partial charge in [-0.05, 0) is 52.4 Å². The van der Waals surface area contributed by atoms with Crippen LogP contribution in [-0.2, 0) is 0 Å². The molecule has 1 aliphatic carbocycles. The molecule has 17 heavy (non-hydrogen) atoms. The van der Waals surface area contributed by atoms with Gasteiger partial charge < -0.3 is 5.32 Å². The molecule has 0 aromatic heterocycles. The molecule has 0 bridgehead atoms. The van der Waals surface area contributed by atoms with Gasteiger partial charge in [-0.25, -0.2) is 0 Å². The fourth-order valence-electron chi connectivity index (χ4n) is 3.27. The van der Waals surface area contributed by atoms with E-state index in [4.69, 9.17) is 0 Å². The van der Waals surface area contributed by atoms with E-state index in [0.717, 1.165) is 12.0 Å². The first-order valence-electron chi connectivity index (χ1n) is 7.44. The van der Waals surface area contributed by atoms with Crippen molar-refractivity contribution < 1.29 is 0 Å². The quantitative estimate of drug-likeness (QED) is 0.810. The molecule has 1 saturated carbocycles. The minimum absolute atomic E-state index is 0.346. The Morgan fingerprint density at radius 2 is 1.94 bits per heavy atom. The van der Waals surface area contributed by atoms with Crippen LogP contribution in [0.15, 0.2) is 0 Å². The van der Waals surface area contributed by atoms with E-state index in [2.05, 4.69) is 44.8 Å². The highest BCUT2D eigenvalue weighted by Crippen LogP contribution is 2.42. The topological polar surface area (TPSA) is 15.3 Å². The highest BCUT2D eigenvalue weighted by atomic mass is 15.3. The van der Waals surface area contributed by atoms with Gasteiger partial charge in [0.15, 0.2) is 0 Å². The van der Waals surface area contributed by atoms with Gasteiger partial charge in [0, 0.05) is 30.2 Å². The second kappa shape index (κ2) is 4.55. The van der Waals surface area contributed by atoms with Crippen LogP contribution in [0, 0.1) is 5.92 Å². The fourth-order valence-corrected chi connectivity index (χ4v) is 3.27. The van der Waals surface area contributed by atoms with E-state index < -0.39 is 0 Å². The van der Waals surface area contributed by atoms with Crippen molar-refractivity contribution in [3.05, 3.63) is 0 Å². The minimum atomic E-state index is 0.346. The predicted molar refractivity (Wildman–Crippen MR) is 74.3 cm³/mol. The lowest BCUT2D eigenvalue weighted by Gasteiger charge is -2.53. The summed E-state index contributed by atoms with van der Waals surface area (Å²) in [7, 11) is 0. The zero-order valence-electron chi connectivity index (χ0n) is 12.3. The highest BCUT2D eigenvalue weighted by molar-refractivity contribution is 5.06. The van der Waals surface area contributed by atoms with Crippen LogP contribution in [0.25, 0.3) is 0 Å². The van der Waals surface area contributed by atoms with E-state index in [0.29, 0.717) is 11.1 Å². The Kier molecular flexibility index (Phi) is 3.57. The Labute approximate surface area is 107 Å². The smallest absolute Gasteiger partial charge is 0.0309 e. The summed E-state index contributed by atoms with van der Waals surface area (Å²) >= 11 is 0. The summed E-state index contributed by atoms with van der Waals surface area (Å²) in [5, 5.41) is 3.84. The van der Waals surface area contributed by atoms with Gasteiger partial charge >= 0.3 is 0 Å². The Hall–Kier alpha value is -0.0800. The zero-order valence-corrected chi connectivity index (χ0v) is 12.3. The minimum Gasteiger partial charge on any atom is -0.308 e. The van der Waals surface area contributed by atoms with Crippen molar-refractivity contribution in [2.75, 3.05) is 13.1 Å². The molecule has 0 radical (unpaired) electrons. The molecule has 2 aliphatic rings. The number of hydrogen-bond donors (Lipinski definition) is 1. The SMILES string of the molecule is CCC1CNC(C)(C2CC2)CN1C(C)(C)CC. The molecule has 1 aliphatic heterocycles. The molecular weight excluding hydrogens is 208 g/mol. The lowest BCUT2D eigenvalue weighted by Crippen LogP contribution is -2.68. The molecule has 100 valence electrons. The molecule has 0 spiro atoms. The second-order valence-electron chi connectivity index (χ2n) is 6.93. The van der Waals surface area contributed by atoms with Gasteiger partial charge in [-0.2, -0.15) is 0 Å². The van der Waals surface area contributed by atoms with E-state index in [1.54, 1.807) is 0 Å². The molecule has 1 saturated heterocycles. The normalized spacial score (nSPS) is 36.2. The highest BCUT2D eigenvalue weighted by Gasteiger charge is 2.48. The molecular formula is C15H30N2. The lowest BCUT2D eigenvalue weighted by molar-refractivity contribution is -0.00535. The third-order valence-corrected chi connectivity index (χ3v) is 5.27. The molecule has 2 heteroatoms. The summed E-state index contributed by atoms with van der Waals surface area (Å²) in [6.07, 6.45) is 5.36. The number of rotatable bonds is 4. The van der Waals surface area contributed by atoms with Crippen LogP contribution in [0.4, 0.5) is 0 Å². The molecule has 2 unspecified atom stereocenters. The van der Waals surface area contributed by atoms with Crippen molar-refractivity contribution in [1.82, 2.24) is 10.2 Å². The van der Waals surface area contributed by atoms with E-state index >= 15 is 0 Å². The number of piperazine rings is 1. The second-order valence-corrected chi connectivity index (χ2v) is 6.93. The first-order valence-corrected chi connectivity index (χ1v) is 7.44. The zero-order chi connectivity index (χ0) is 12.7. The Balaban J connectivity index is 2.13. The standard InChI is InChI=1S/C15H30N2/c1-6-13-10-16-15(5,12-8-9-12)11-17(13)14(3,4)7-2/h12-13,16H,6-11H2,1-5H3. The van der Waals surface area contributed by atoms with Gasteiger partial charge in [-0.3, -0.25) is 4.90 Å². The van der Waals surface area contributed by atoms with E-state index in [1.165, 1.54) is 38.8 Å². The number of nitrogens with one attached hydrogen (secondary N) is 1. The van der Waals surface area contributed by atoms with Gasteiger partial charge in [0.05, 0.1) is 0 Å². The summed E-state index contributed by atoms with van der Waals surface area (Å²) in [5.74, 6) is 0.926. The Bertz CT molecular complexity index is 270. The van der Waals surface area contributed by atoms with Crippen molar-refractivity contribution in [2.45, 2.75) is 77.4 Å².